The van der Waals surface area contributed by atoms with Gasteiger partial charge in [0.05, 0.1) is 11.4 Å². The number of anilines is 1. The zero-order valence-corrected chi connectivity index (χ0v) is 12.0. The molecular weight excluding hydrogens is 266 g/mol. The third-order valence-corrected chi connectivity index (χ3v) is 3.98. The predicted molar refractivity (Wildman–Crippen MR) is 75.8 cm³/mol. The lowest BCUT2D eigenvalue weighted by atomic mass is 10.0. The van der Waals surface area contributed by atoms with Gasteiger partial charge >= 0.3 is 0 Å². The van der Waals surface area contributed by atoms with Crippen LogP contribution >= 0.6 is 0 Å². The summed E-state index contributed by atoms with van der Waals surface area (Å²) in [5.41, 5.74) is 5.77. The monoisotopic (exact) mass is 285 g/mol. The van der Waals surface area contributed by atoms with Crippen molar-refractivity contribution in [2.75, 3.05) is 10.5 Å². The smallest absolute Gasteiger partial charge is 0.233 e. The van der Waals surface area contributed by atoms with Crippen molar-refractivity contribution in [3.05, 3.63) is 29.8 Å². The minimum absolute atomic E-state index is 0.0233. The van der Waals surface area contributed by atoms with Crippen molar-refractivity contribution in [2.24, 2.45) is 16.3 Å². The van der Waals surface area contributed by atoms with Gasteiger partial charge in [0.15, 0.2) is 5.84 Å². The fraction of sp³-hybridized carbons (Fsp3) is 0.417. The summed E-state index contributed by atoms with van der Waals surface area (Å²) >= 11 is 0. The first-order valence-electron chi connectivity index (χ1n) is 5.72. The van der Waals surface area contributed by atoms with Crippen molar-refractivity contribution in [3.63, 3.8) is 0 Å². The van der Waals surface area contributed by atoms with Crippen LogP contribution in [-0.2, 0) is 10.0 Å². The zero-order valence-electron chi connectivity index (χ0n) is 11.2. The van der Waals surface area contributed by atoms with E-state index >= 15 is 0 Å². The molecule has 0 saturated carbocycles. The van der Waals surface area contributed by atoms with Crippen LogP contribution in [0.15, 0.2) is 29.4 Å². The number of hydrogen-bond donors (Lipinski definition) is 3. The lowest BCUT2D eigenvalue weighted by molar-refractivity contribution is 0.318. The molecule has 106 valence electrons. The number of oxime groups is 1. The van der Waals surface area contributed by atoms with Crippen molar-refractivity contribution in [3.8, 4) is 0 Å². The first-order chi connectivity index (χ1) is 8.64. The number of para-hydroxylation sites is 1. The van der Waals surface area contributed by atoms with Crippen LogP contribution in [-0.4, -0.2) is 25.2 Å². The SMILES string of the molecule is CC(C)(C)CS(=O)(=O)Nc1ccccc1C(N)=NO. The van der Waals surface area contributed by atoms with Gasteiger partial charge < -0.3 is 10.9 Å². The second kappa shape index (κ2) is 5.48. The number of nitrogens with one attached hydrogen (secondary N) is 1. The molecule has 4 N–H and O–H groups in total. The quantitative estimate of drug-likeness (QED) is 0.338. The van der Waals surface area contributed by atoms with E-state index in [2.05, 4.69) is 9.88 Å². The van der Waals surface area contributed by atoms with Gasteiger partial charge in [0.25, 0.3) is 0 Å². The minimum atomic E-state index is -3.50. The van der Waals surface area contributed by atoms with Crippen molar-refractivity contribution in [2.45, 2.75) is 20.8 Å². The molecule has 0 aliphatic rings. The maximum atomic E-state index is 12.0. The van der Waals surface area contributed by atoms with Crippen LogP contribution in [0.2, 0.25) is 0 Å². The van der Waals surface area contributed by atoms with Crippen LogP contribution < -0.4 is 10.5 Å². The highest BCUT2D eigenvalue weighted by atomic mass is 32.2. The summed E-state index contributed by atoms with van der Waals surface area (Å²) in [6.45, 7) is 5.50. The number of amidine groups is 1. The molecule has 0 aliphatic heterocycles. The predicted octanol–water partition coefficient (Wildman–Crippen LogP) is 1.57. The van der Waals surface area contributed by atoms with Gasteiger partial charge in [-0.2, -0.15) is 0 Å². The molecule has 0 aromatic heterocycles. The normalized spacial score (nSPS) is 13.3. The van der Waals surface area contributed by atoms with Crippen LogP contribution in [0.1, 0.15) is 26.3 Å². The molecule has 7 heteroatoms. The van der Waals surface area contributed by atoms with Crippen LogP contribution in [0.5, 0.6) is 0 Å². The van der Waals surface area contributed by atoms with Gasteiger partial charge in [0.2, 0.25) is 10.0 Å². The second-order valence-electron chi connectivity index (χ2n) is 5.45. The molecule has 1 aromatic rings. The van der Waals surface area contributed by atoms with Crippen LogP contribution in [0, 0.1) is 5.41 Å². The Balaban J connectivity index is 3.07. The number of hydrogen-bond acceptors (Lipinski definition) is 4. The van der Waals surface area contributed by atoms with E-state index < -0.39 is 10.0 Å². The first kappa shape index (κ1) is 15.3. The minimum Gasteiger partial charge on any atom is -0.409 e. The van der Waals surface area contributed by atoms with Gasteiger partial charge in [-0.15, -0.1) is 0 Å². The molecule has 19 heavy (non-hydrogen) atoms. The van der Waals surface area contributed by atoms with Gasteiger partial charge in [-0.05, 0) is 17.5 Å². The van der Waals surface area contributed by atoms with E-state index in [1.807, 2.05) is 20.8 Å². The van der Waals surface area contributed by atoms with Crippen molar-refractivity contribution < 1.29 is 13.6 Å². The fourth-order valence-electron chi connectivity index (χ4n) is 1.62. The lowest BCUT2D eigenvalue weighted by Crippen LogP contribution is -2.27. The fourth-order valence-corrected chi connectivity index (χ4v) is 3.35. The third kappa shape index (κ3) is 4.78. The topological polar surface area (TPSA) is 105 Å². The van der Waals surface area contributed by atoms with Gasteiger partial charge in [0.1, 0.15) is 0 Å². The van der Waals surface area contributed by atoms with E-state index in [4.69, 9.17) is 10.9 Å². The summed E-state index contributed by atoms with van der Waals surface area (Å²) in [7, 11) is -3.50. The summed E-state index contributed by atoms with van der Waals surface area (Å²) in [4.78, 5) is 0. The van der Waals surface area contributed by atoms with E-state index in [0.29, 0.717) is 11.3 Å². The maximum absolute atomic E-state index is 12.0. The third-order valence-electron chi connectivity index (χ3n) is 2.20. The summed E-state index contributed by atoms with van der Waals surface area (Å²) in [6.07, 6.45) is 0. The van der Waals surface area contributed by atoms with Crippen LogP contribution in [0.3, 0.4) is 0 Å². The Morgan fingerprint density at radius 1 is 1.37 bits per heavy atom. The standard InChI is InChI=1S/C12H19N3O3S/c1-12(2,3)8-19(17,18)15-10-7-5-4-6-9(10)11(13)14-16/h4-7,15-16H,8H2,1-3H3,(H2,13,14). The number of nitrogens with two attached hydrogens (primary N) is 1. The van der Waals surface area contributed by atoms with E-state index in [9.17, 15) is 8.42 Å². The largest absolute Gasteiger partial charge is 0.409 e. The Hall–Kier alpha value is -1.76. The van der Waals surface area contributed by atoms with Crippen molar-refractivity contribution in [1.29, 1.82) is 0 Å². The lowest BCUT2D eigenvalue weighted by Gasteiger charge is -2.19. The molecular formula is C12H19N3O3S. The molecule has 0 spiro atoms. The molecule has 0 heterocycles. The maximum Gasteiger partial charge on any atom is 0.233 e. The van der Waals surface area contributed by atoms with Gasteiger partial charge in [-0.25, -0.2) is 8.42 Å². The van der Waals surface area contributed by atoms with Gasteiger partial charge in [-0.1, -0.05) is 38.1 Å². The summed E-state index contributed by atoms with van der Waals surface area (Å²) in [6, 6.07) is 6.48. The molecule has 0 radical (unpaired) electrons. The summed E-state index contributed by atoms with van der Waals surface area (Å²) in [5, 5.41) is 11.6. The molecule has 0 saturated heterocycles. The average molecular weight is 285 g/mol. The van der Waals surface area contributed by atoms with Crippen molar-refractivity contribution >= 4 is 21.5 Å². The highest BCUT2D eigenvalue weighted by Crippen LogP contribution is 2.21. The Labute approximate surface area is 113 Å². The van der Waals surface area contributed by atoms with Crippen LogP contribution in [0.25, 0.3) is 0 Å². The van der Waals surface area contributed by atoms with Gasteiger partial charge in [0, 0.05) is 5.56 Å². The molecule has 1 rings (SSSR count). The number of rotatable bonds is 4. The molecule has 0 atom stereocenters. The summed E-state index contributed by atoms with van der Waals surface area (Å²) in [5.74, 6) is -0.168. The van der Waals surface area contributed by atoms with E-state index in [1.165, 1.54) is 0 Å². The molecule has 1 aromatic carbocycles. The zero-order chi connectivity index (χ0) is 14.7. The Morgan fingerprint density at radius 2 is 1.95 bits per heavy atom. The van der Waals surface area contributed by atoms with E-state index in [0.717, 1.165) is 0 Å². The van der Waals surface area contributed by atoms with Crippen LogP contribution in [0.4, 0.5) is 5.69 Å². The van der Waals surface area contributed by atoms with Crippen molar-refractivity contribution in [1.82, 2.24) is 0 Å². The molecule has 6 nitrogen and oxygen atoms in total. The number of benzene rings is 1. The average Bonchev–Trinajstić information content (AvgIpc) is 2.24. The first-order valence-corrected chi connectivity index (χ1v) is 7.37. The Morgan fingerprint density at radius 3 is 2.47 bits per heavy atom. The van der Waals surface area contributed by atoms with E-state index in [1.54, 1.807) is 24.3 Å². The molecule has 0 unspecified atom stereocenters. The number of sulfonamides is 1. The Kier molecular flexibility index (Phi) is 4.41. The highest BCUT2D eigenvalue weighted by molar-refractivity contribution is 7.92. The summed E-state index contributed by atoms with van der Waals surface area (Å²) < 4.78 is 26.5. The number of nitrogens with zero attached hydrogens (tertiary/aromatic N) is 1. The molecule has 0 bridgehead atoms. The second-order valence-corrected chi connectivity index (χ2v) is 7.17. The van der Waals surface area contributed by atoms with Gasteiger partial charge in [-0.3, -0.25) is 4.72 Å². The molecule has 0 amide bonds. The van der Waals surface area contributed by atoms with E-state index in [-0.39, 0.29) is 17.0 Å². The molecule has 0 fully saturated rings. The molecule has 0 aliphatic carbocycles. The Bertz CT molecular complexity index is 574. The highest BCUT2D eigenvalue weighted by Gasteiger charge is 2.22.